The summed E-state index contributed by atoms with van der Waals surface area (Å²) in [4.78, 5) is 27.1. The zero-order valence-corrected chi connectivity index (χ0v) is 12.1. The van der Waals surface area contributed by atoms with Crippen molar-refractivity contribution in [2.24, 2.45) is 0 Å². The van der Waals surface area contributed by atoms with Gasteiger partial charge in [-0.2, -0.15) is 0 Å². The largest absolute Gasteiger partial charge is 0.480 e. The quantitative estimate of drug-likeness (QED) is 0.724. The van der Waals surface area contributed by atoms with Crippen molar-refractivity contribution in [1.82, 2.24) is 15.1 Å². The number of carbonyl (C=O) groups is 2. The molecule has 0 heterocycles. The van der Waals surface area contributed by atoms with Gasteiger partial charge in [0.2, 0.25) is 0 Å². The molecule has 1 rings (SSSR count). The van der Waals surface area contributed by atoms with Crippen LogP contribution in [0, 0.1) is 0 Å². The lowest BCUT2D eigenvalue weighted by Crippen LogP contribution is -2.61. The van der Waals surface area contributed by atoms with Gasteiger partial charge < -0.3 is 20.2 Å². The van der Waals surface area contributed by atoms with E-state index in [0.29, 0.717) is 25.9 Å². The minimum Gasteiger partial charge on any atom is -0.480 e. The first kappa shape index (κ1) is 15.8. The standard InChI is InChI=1S/C13H25N3O3/c1-4-16(10-6-9-15(2)3)12(19)14-13(11(17)18)7-5-8-13/h4-10H2,1-3H3,(H,14,19)(H,17,18). The van der Waals surface area contributed by atoms with Crippen LogP contribution in [0.25, 0.3) is 0 Å². The zero-order valence-electron chi connectivity index (χ0n) is 12.1. The van der Waals surface area contributed by atoms with Gasteiger partial charge in [0.25, 0.3) is 0 Å². The highest BCUT2D eigenvalue weighted by molar-refractivity contribution is 5.87. The van der Waals surface area contributed by atoms with Gasteiger partial charge in [0, 0.05) is 13.1 Å². The molecule has 2 N–H and O–H groups in total. The fourth-order valence-electron chi connectivity index (χ4n) is 2.19. The summed E-state index contributed by atoms with van der Waals surface area (Å²) in [5.74, 6) is -0.920. The molecule has 6 heteroatoms. The van der Waals surface area contributed by atoms with Crippen molar-refractivity contribution < 1.29 is 14.7 Å². The minimum absolute atomic E-state index is 0.261. The molecule has 2 amide bonds. The fraction of sp³-hybridized carbons (Fsp3) is 0.846. The lowest BCUT2D eigenvalue weighted by molar-refractivity contribution is -0.148. The molecular weight excluding hydrogens is 246 g/mol. The molecule has 0 aromatic heterocycles. The summed E-state index contributed by atoms with van der Waals surface area (Å²) in [5, 5.41) is 11.9. The first-order chi connectivity index (χ1) is 8.91. The summed E-state index contributed by atoms with van der Waals surface area (Å²) in [6, 6.07) is -0.261. The topological polar surface area (TPSA) is 72.9 Å². The molecule has 0 saturated heterocycles. The lowest BCUT2D eigenvalue weighted by atomic mass is 9.77. The van der Waals surface area contributed by atoms with Crippen molar-refractivity contribution >= 4 is 12.0 Å². The van der Waals surface area contributed by atoms with Gasteiger partial charge in [-0.25, -0.2) is 9.59 Å². The van der Waals surface area contributed by atoms with Crippen molar-refractivity contribution in [1.29, 1.82) is 0 Å². The summed E-state index contributed by atoms with van der Waals surface area (Å²) >= 11 is 0. The van der Waals surface area contributed by atoms with Gasteiger partial charge >= 0.3 is 12.0 Å². The molecule has 1 saturated carbocycles. The number of nitrogens with one attached hydrogen (secondary N) is 1. The second-order valence-corrected chi connectivity index (χ2v) is 5.41. The van der Waals surface area contributed by atoms with Crippen LogP contribution >= 0.6 is 0 Å². The molecule has 0 atom stereocenters. The predicted octanol–water partition coefficient (Wildman–Crippen LogP) is 0.977. The van der Waals surface area contributed by atoms with Crippen LogP contribution in [0.15, 0.2) is 0 Å². The molecule has 1 fully saturated rings. The summed E-state index contributed by atoms with van der Waals surface area (Å²) in [5.41, 5.74) is -1.02. The van der Waals surface area contributed by atoms with Crippen molar-refractivity contribution in [2.45, 2.75) is 38.1 Å². The molecule has 0 unspecified atom stereocenters. The zero-order chi connectivity index (χ0) is 14.5. The molecule has 1 aliphatic carbocycles. The van der Waals surface area contributed by atoms with E-state index in [4.69, 9.17) is 0 Å². The van der Waals surface area contributed by atoms with Gasteiger partial charge in [0.1, 0.15) is 5.54 Å². The number of carbonyl (C=O) groups excluding carboxylic acids is 1. The maximum Gasteiger partial charge on any atom is 0.329 e. The van der Waals surface area contributed by atoms with Crippen LogP contribution in [0.3, 0.4) is 0 Å². The van der Waals surface area contributed by atoms with E-state index in [1.54, 1.807) is 4.90 Å². The van der Waals surface area contributed by atoms with Crippen molar-refractivity contribution in [3.05, 3.63) is 0 Å². The Balaban J connectivity index is 2.47. The Labute approximate surface area is 114 Å². The molecule has 6 nitrogen and oxygen atoms in total. The molecule has 0 aliphatic heterocycles. The van der Waals surface area contributed by atoms with Crippen LogP contribution < -0.4 is 5.32 Å². The molecule has 0 radical (unpaired) electrons. The number of rotatable bonds is 7. The van der Waals surface area contributed by atoms with E-state index in [1.165, 1.54) is 0 Å². The van der Waals surface area contributed by atoms with Crippen molar-refractivity contribution in [3.63, 3.8) is 0 Å². The lowest BCUT2D eigenvalue weighted by Gasteiger charge is -2.39. The van der Waals surface area contributed by atoms with Crippen LogP contribution in [-0.2, 0) is 4.79 Å². The maximum absolute atomic E-state index is 12.1. The number of urea groups is 1. The summed E-state index contributed by atoms with van der Waals surface area (Å²) in [6.45, 7) is 4.06. The van der Waals surface area contributed by atoms with Crippen LogP contribution in [0.5, 0.6) is 0 Å². The Morgan fingerprint density at radius 3 is 2.26 bits per heavy atom. The maximum atomic E-state index is 12.1. The predicted molar refractivity (Wildman–Crippen MR) is 73.2 cm³/mol. The third-order valence-corrected chi connectivity index (χ3v) is 3.66. The van der Waals surface area contributed by atoms with Gasteiger partial charge in [-0.3, -0.25) is 0 Å². The smallest absolute Gasteiger partial charge is 0.329 e. The third kappa shape index (κ3) is 4.09. The Bertz CT molecular complexity index is 327. The number of hydrogen-bond acceptors (Lipinski definition) is 3. The van der Waals surface area contributed by atoms with E-state index in [0.717, 1.165) is 19.4 Å². The molecule has 19 heavy (non-hydrogen) atoms. The van der Waals surface area contributed by atoms with Crippen LogP contribution in [0.2, 0.25) is 0 Å². The van der Waals surface area contributed by atoms with E-state index in [-0.39, 0.29) is 6.03 Å². The molecule has 110 valence electrons. The summed E-state index contributed by atoms with van der Waals surface area (Å²) < 4.78 is 0. The van der Waals surface area contributed by atoms with Crippen molar-refractivity contribution in [3.8, 4) is 0 Å². The molecule has 0 spiro atoms. The number of nitrogens with zero attached hydrogens (tertiary/aromatic N) is 2. The number of amides is 2. The number of hydrogen-bond donors (Lipinski definition) is 2. The van der Waals surface area contributed by atoms with E-state index in [9.17, 15) is 14.7 Å². The summed E-state index contributed by atoms with van der Waals surface area (Å²) in [6.07, 6.45) is 2.81. The number of aliphatic carboxylic acids is 1. The van der Waals surface area contributed by atoms with Gasteiger partial charge in [0.15, 0.2) is 0 Å². The minimum atomic E-state index is -1.02. The van der Waals surface area contributed by atoms with Crippen LogP contribution in [0.4, 0.5) is 4.79 Å². The highest BCUT2D eigenvalue weighted by Crippen LogP contribution is 2.32. The van der Waals surface area contributed by atoms with E-state index >= 15 is 0 Å². The monoisotopic (exact) mass is 271 g/mol. The molecule has 0 aromatic carbocycles. The fourth-order valence-corrected chi connectivity index (χ4v) is 2.19. The Morgan fingerprint density at radius 2 is 1.89 bits per heavy atom. The van der Waals surface area contributed by atoms with Gasteiger partial charge in [-0.05, 0) is 53.2 Å². The molecule has 0 bridgehead atoms. The van der Waals surface area contributed by atoms with Crippen molar-refractivity contribution in [2.75, 3.05) is 33.7 Å². The van der Waals surface area contributed by atoms with E-state index < -0.39 is 11.5 Å². The highest BCUT2D eigenvalue weighted by atomic mass is 16.4. The average molecular weight is 271 g/mol. The Kier molecular flexibility index (Phi) is 5.60. The van der Waals surface area contributed by atoms with Gasteiger partial charge in [-0.15, -0.1) is 0 Å². The van der Waals surface area contributed by atoms with E-state index in [2.05, 4.69) is 10.2 Å². The second kappa shape index (κ2) is 6.75. The number of carboxylic acid groups (broad SMARTS) is 1. The summed E-state index contributed by atoms with van der Waals surface area (Å²) in [7, 11) is 3.98. The first-order valence-corrected chi connectivity index (χ1v) is 6.86. The SMILES string of the molecule is CCN(CCCN(C)C)C(=O)NC1(C(=O)O)CCC1. The Hall–Kier alpha value is -1.30. The van der Waals surface area contributed by atoms with Crippen LogP contribution in [-0.4, -0.2) is 66.2 Å². The molecule has 0 aromatic rings. The molecular formula is C13H25N3O3. The number of carboxylic acids is 1. The third-order valence-electron chi connectivity index (χ3n) is 3.66. The highest BCUT2D eigenvalue weighted by Gasteiger charge is 2.46. The normalized spacial score (nSPS) is 16.8. The van der Waals surface area contributed by atoms with Gasteiger partial charge in [-0.1, -0.05) is 0 Å². The van der Waals surface area contributed by atoms with E-state index in [1.807, 2.05) is 21.0 Å². The average Bonchev–Trinajstić information content (AvgIpc) is 2.28. The Morgan fingerprint density at radius 1 is 1.26 bits per heavy atom. The van der Waals surface area contributed by atoms with Gasteiger partial charge in [0.05, 0.1) is 0 Å². The molecule has 1 aliphatic rings. The van der Waals surface area contributed by atoms with Crippen LogP contribution in [0.1, 0.15) is 32.6 Å². The first-order valence-electron chi connectivity index (χ1n) is 6.86. The second-order valence-electron chi connectivity index (χ2n) is 5.41.